The lowest BCUT2D eigenvalue weighted by atomic mass is 10.2. The SMILES string of the molecule is CNc1nc(Nc2ccc(F)c(F)c2F)c(F)cc1F. The molecule has 0 aliphatic heterocycles. The highest BCUT2D eigenvalue weighted by Crippen LogP contribution is 2.26. The van der Waals surface area contributed by atoms with Crippen LogP contribution in [0, 0.1) is 29.1 Å². The molecule has 1 heterocycles. The molecule has 0 bridgehead atoms. The van der Waals surface area contributed by atoms with Crippen LogP contribution in [0.3, 0.4) is 0 Å². The molecule has 3 nitrogen and oxygen atoms in total. The van der Waals surface area contributed by atoms with Crippen LogP contribution in [0.15, 0.2) is 18.2 Å². The maximum Gasteiger partial charge on any atom is 0.196 e. The Balaban J connectivity index is 2.42. The number of hydrogen-bond acceptors (Lipinski definition) is 3. The summed E-state index contributed by atoms with van der Waals surface area (Å²) in [4.78, 5) is 3.52. The van der Waals surface area contributed by atoms with Crippen LogP contribution >= 0.6 is 0 Å². The summed E-state index contributed by atoms with van der Waals surface area (Å²) in [5.74, 6) is -7.46. The molecule has 1 aromatic carbocycles. The largest absolute Gasteiger partial charge is 0.371 e. The third-order valence-electron chi connectivity index (χ3n) is 2.45. The normalized spacial score (nSPS) is 10.5. The van der Waals surface area contributed by atoms with Gasteiger partial charge in [-0.1, -0.05) is 0 Å². The topological polar surface area (TPSA) is 37.0 Å². The average Bonchev–Trinajstić information content (AvgIpc) is 2.42. The second kappa shape index (κ2) is 5.32. The Bertz CT molecular complexity index is 660. The highest BCUT2D eigenvalue weighted by molar-refractivity contribution is 5.59. The average molecular weight is 289 g/mol. The molecule has 0 aliphatic rings. The van der Waals surface area contributed by atoms with E-state index in [1.54, 1.807) is 0 Å². The van der Waals surface area contributed by atoms with Crippen molar-refractivity contribution in [3.63, 3.8) is 0 Å². The lowest BCUT2D eigenvalue weighted by Crippen LogP contribution is -2.05. The van der Waals surface area contributed by atoms with Gasteiger partial charge in [0.05, 0.1) is 5.69 Å². The molecule has 0 unspecified atom stereocenters. The van der Waals surface area contributed by atoms with Gasteiger partial charge in [-0.15, -0.1) is 0 Å². The number of nitrogens with one attached hydrogen (secondary N) is 2. The van der Waals surface area contributed by atoms with Crippen molar-refractivity contribution in [1.29, 1.82) is 0 Å². The van der Waals surface area contributed by atoms with Crippen molar-refractivity contribution in [3.05, 3.63) is 47.3 Å². The van der Waals surface area contributed by atoms with Gasteiger partial charge in [-0.2, -0.15) is 0 Å². The van der Waals surface area contributed by atoms with Gasteiger partial charge in [0.2, 0.25) is 0 Å². The maximum absolute atomic E-state index is 13.5. The van der Waals surface area contributed by atoms with E-state index in [0.717, 1.165) is 6.07 Å². The van der Waals surface area contributed by atoms with E-state index in [0.29, 0.717) is 12.1 Å². The molecule has 0 saturated heterocycles. The Labute approximate surface area is 110 Å². The van der Waals surface area contributed by atoms with E-state index >= 15 is 0 Å². The molecule has 0 fully saturated rings. The Kier molecular flexibility index (Phi) is 3.73. The third kappa shape index (κ3) is 2.49. The molecular weight excluding hydrogens is 281 g/mol. The van der Waals surface area contributed by atoms with Gasteiger partial charge in [0, 0.05) is 13.1 Å². The molecule has 2 aromatic rings. The van der Waals surface area contributed by atoms with E-state index in [1.807, 2.05) is 0 Å². The van der Waals surface area contributed by atoms with Crippen molar-refractivity contribution < 1.29 is 22.0 Å². The van der Waals surface area contributed by atoms with E-state index in [9.17, 15) is 22.0 Å². The summed E-state index contributed by atoms with van der Waals surface area (Å²) < 4.78 is 65.9. The van der Waals surface area contributed by atoms with Crippen molar-refractivity contribution in [2.75, 3.05) is 17.7 Å². The monoisotopic (exact) mass is 289 g/mol. The Hall–Kier alpha value is -2.38. The number of hydrogen-bond donors (Lipinski definition) is 2. The molecule has 0 spiro atoms. The summed E-state index contributed by atoms with van der Waals surface area (Å²) in [6, 6.07) is 2.07. The van der Waals surface area contributed by atoms with E-state index in [-0.39, 0.29) is 5.82 Å². The fraction of sp³-hybridized carbons (Fsp3) is 0.0833. The van der Waals surface area contributed by atoms with Gasteiger partial charge >= 0.3 is 0 Å². The first kappa shape index (κ1) is 14.0. The van der Waals surface area contributed by atoms with Crippen LogP contribution in [0.1, 0.15) is 0 Å². The van der Waals surface area contributed by atoms with Crippen molar-refractivity contribution in [1.82, 2.24) is 4.98 Å². The molecule has 0 aliphatic carbocycles. The van der Waals surface area contributed by atoms with Gasteiger partial charge in [0.15, 0.2) is 40.7 Å². The number of pyridine rings is 1. The van der Waals surface area contributed by atoms with Crippen LogP contribution < -0.4 is 10.6 Å². The zero-order valence-corrected chi connectivity index (χ0v) is 10.1. The molecule has 0 radical (unpaired) electrons. The molecule has 20 heavy (non-hydrogen) atoms. The molecule has 1 aromatic heterocycles. The maximum atomic E-state index is 13.5. The van der Waals surface area contributed by atoms with E-state index in [1.165, 1.54) is 7.05 Å². The highest BCUT2D eigenvalue weighted by Gasteiger charge is 2.16. The number of anilines is 3. The van der Waals surface area contributed by atoms with Crippen LogP contribution in [0.25, 0.3) is 0 Å². The third-order valence-corrected chi connectivity index (χ3v) is 2.45. The fourth-order valence-corrected chi connectivity index (χ4v) is 1.48. The second-order valence-electron chi connectivity index (χ2n) is 3.75. The summed E-state index contributed by atoms with van der Waals surface area (Å²) in [6.45, 7) is 0. The lowest BCUT2D eigenvalue weighted by molar-refractivity contribution is 0.449. The highest BCUT2D eigenvalue weighted by atomic mass is 19.2. The minimum atomic E-state index is -1.70. The zero-order chi connectivity index (χ0) is 14.9. The first-order chi connectivity index (χ1) is 9.43. The van der Waals surface area contributed by atoms with Gasteiger partial charge in [0.1, 0.15) is 0 Å². The molecule has 0 atom stereocenters. The molecular formula is C12H8F5N3. The van der Waals surface area contributed by atoms with Crippen LogP contribution in [0.5, 0.6) is 0 Å². The predicted octanol–water partition coefficient (Wildman–Crippen LogP) is 3.56. The van der Waals surface area contributed by atoms with Crippen molar-refractivity contribution >= 4 is 17.3 Å². The smallest absolute Gasteiger partial charge is 0.196 e. The molecule has 2 N–H and O–H groups in total. The van der Waals surface area contributed by atoms with Crippen LogP contribution in [0.2, 0.25) is 0 Å². The van der Waals surface area contributed by atoms with Gasteiger partial charge < -0.3 is 10.6 Å². The zero-order valence-electron chi connectivity index (χ0n) is 10.1. The van der Waals surface area contributed by atoms with Crippen LogP contribution in [0.4, 0.5) is 39.3 Å². The van der Waals surface area contributed by atoms with Gasteiger partial charge in [0.25, 0.3) is 0 Å². The fourth-order valence-electron chi connectivity index (χ4n) is 1.48. The first-order valence-electron chi connectivity index (χ1n) is 5.38. The summed E-state index contributed by atoms with van der Waals surface area (Å²) in [5.41, 5.74) is -0.524. The van der Waals surface area contributed by atoms with Crippen LogP contribution in [-0.4, -0.2) is 12.0 Å². The second-order valence-corrected chi connectivity index (χ2v) is 3.75. The van der Waals surface area contributed by atoms with E-state index < -0.39 is 40.6 Å². The number of rotatable bonds is 3. The summed E-state index contributed by atoms with van der Waals surface area (Å²) in [5, 5.41) is 4.50. The summed E-state index contributed by atoms with van der Waals surface area (Å²) in [6.07, 6.45) is 0. The number of aromatic nitrogens is 1. The van der Waals surface area contributed by atoms with E-state index in [2.05, 4.69) is 15.6 Å². The molecule has 2 rings (SSSR count). The Morgan fingerprint density at radius 1 is 0.850 bits per heavy atom. The minimum absolute atomic E-state index is 0.281. The minimum Gasteiger partial charge on any atom is -0.371 e. The van der Waals surface area contributed by atoms with E-state index in [4.69, 9.17) is 0 Å². The number of benzene rings is 1. The van der Waals surface area contributed by atoms with Crippen molar-refractivity contribution in [2.45, 2.75) is 0 Å². The summed E-state index contributed by atoms with van der Waals surface area (Å²) in [7, 11) is 1.35. The Morgan fingerprint density at radius 3 is 2.15 bits per heavy atom. The molecule has 0 saturated carbocycles. The predicted molar refractivity (Wildman–Crippen MR) is 63.3 cm³/mol. The van der Waals surface area contributed by atoms with Gasteiger partial charge in [-0.05, 0) is 12.1 Å². The molecule has 0 amide bonds. The quantitative estimate of drug-likeness (QED) is 0.670. The van der Waals surface area contributed by atoms with Gasteiger partial charge in [-0.3, -0.25) is 0 Å². The molecule has 8 heteroatoms. The first-order valence-corrected chi connectivity index (χ1v) is 5.38. The Morgan fingerprint density at radius 2 is 1.50 bits per heavy atom. The number of halogens is 5. The standard InChI is InChI=1S/C12H8F5N3/c1-18-11-6(14)4-7(15)12(20-11)19-8-3-2-5(13)9(16)10(8)17/h2-4H,1H3,(H2,18,19,20). The van der Waals surface area contributed by atoms with Crippen molar-refractivity contribution in [3.8, 4) is 0 Å². The van der Waals surface area contributed by atoms with Gasteiger partial charge in [-0.25, -0.2) is 26.9 Å². The van der Waals surface area contributed by atoms with Crippen molar-refractivity contribution in [2.24, 2.45) is 0 Å². The lowest BCUT2D eigenvalue weighted by Gasteiger charge is -2.10. The van der Waals surface area contributed by atoms with Crippen LogP contribution in [-0.2, 0) is 0 Å². The summed E-state index contributed by atoms with van der Waals surface area (Å²) >= 11 is 0. The molecule has 106 valence electrons. The number of nitrogens with zero attached hydrogens (tertiary/aromatic N) is 1.